The van der Waals surface area contributed by atoms with Crippen LogP contribution in [0.15, 0.2) is 4.47 Å². The molecule has 1 aromatic heterocycles. The third-order valence-corrected chi connectivity index (χ3v) is 3.10. The Morgan fingerprint density at radius 3 is 2.62 bits per heavy atom. The van der Waals surface area contributed by atoms with E-state index in [4.69, 9.17) is 5.73 Å². The predicted molar refractivity (Wildman–Crippen MR) is 54.5 cm³/mol. The van der Waals surface area contributed by atoms with E-state index in [2.05, 4.69) is 21.0 Å². The highest BCUT2D eigenvalue weighted by Crippen LogP contribution is 2.19. The molecule has 1 rings (SSSR count). The van der Waals surface area contributed by atoms with Crippen molar-refractivity contribution in [2.24, 2.45) is 5.73 Å². The Labute approximate surface area is 85.9 Å². The van der Waals surface area contributed by atoms with Crippen LogP contribution >= 0.6 is 15.9 Å². The van der Waals surface area contributed by atoms with Gasteiger partial charge in [-0.15, -0.1) is 0 Å². The fourth-order valence-corrected chi connectivity index (χ4v) is 1.41. The lowest BCUT2D eigenvalue weighted by atomic mass is 10.3. The van der Waals surface area contributed by atoms with Crippen molar-refractivity contribution < 1.29 is 5.11 Å². The summed E-state index contributed by atoms with van der Waals surface area (Å²) in [5.74, 6) is 0. The van der Waals surface area contributed by atoms with Crippen molar-refractivity contribution in [1.82, 2.24) is 9.78 Å². The second-order valence-electron chi connectivity index (χ2n) is 3.06. The zero-order valence-electron chi connectivity index (χ0n) is 7.79. The number of nitrogens with two attached hydrogens (primary N) is 1. The summed E-state index contributed by atoms with van der Waals surface area (Å²) in [5, 5.41) is 13.6. The molecule has 4 nitrogen and oxygen atoms in total. The highest BCUT2D eigenvalue weighted by molar-refractivity contribution is 9.10. The minimum atomic E-state index is -0.523. The number of aliphatic hydroxyl groups is 1. The van der Waals surface area contributed by atoms with E-state index in [-0.39, 0.29) is 6.54 Å². The molecule has 74 valence electrons. The summed E-state index contributed by atoms with van der Waals surface area (Å²) in [6.45, 7) is 4.58. The monoisotopic (exact) mass is 247 g/mol. The minimum absolute atomic E-state index is 0.260. The van der Waals surface area contributed by atoms with Gasteiger partial charge in [-0.1, -0.05) is 0 Å². The Balaban J connectivity index is 2.83. The summed E-state index contributed by atoms with van der Waals surface area (Å²) in [5.41, 5.74) is 7.26. The first-order valence-electron chi connectivity index (χ1n) is 4.14. The summed E-state index contributed by atoms with van der Waals surface area (Å²) >= 11 is 3.42. The fraction of sp³-hybridized carbons (Fsp3) is 0.625. The number of aromatic nitrogens is 2. The van der Waals surface area contributed by atoms with E-state index in [1.54, 1.807) is 4.68 Å². The van der Waals surface area contributed by atoms with Gasteiger partial charge in [-0.3, -0.25) is 4.68 Å². The molecule has 0 saturated heterocycles. The lowest BCUT2D eigenvalue weighted by Gasteiger charge is -2.08. The molecule has 0 aliphatic rings. The van der Waals surface area contributed by atoms with Crippen LogP contribution in [0.4, 0.5) is 0 Å². The van der Waals surface area contributed by atoms with Gasteiger partial charge in [0.25, 0.3) is 0 Å². The molecule has 3 N–H and O–H groups in total. The van der Waals surface area contributed by atoms with E-state index < -0.39 is 6.10 Å². The molecular formula is C8H14BrN3O. The number of aliphatic hydroxyl groups excluding tert-OH is 1. The molecule has 1 heterocycles. The highest BCUT2D eigenvalue weighted by Gasteiger charge is 2.10. The summed E-state index contributed by atoms with van der Waals surface area (Å²) in [6, 6.07) is 0. The van der Waals surface area contributed by atoms with Crippen molar-refractivity contribution in [2.75, 3.05) is 6.54 Å². The molecule has 0 fully saturated rings. The Morgan fingerprint density at radius 1 is 1.62 bits per heavy atom. The predicted octanol–water partition coefficient (Wildman–Crippen LogP) is 0.582. The third kappa shape index (κ3) is 2.30. The van der Waals surface area contributed by atoms with Gasteiger partial charge < -0.3 is 10.8 Å². The first kappa shape index (κ1) is 10.7. The van der Waals surface area contributed by atoms with Crippen LogP contribution in [0.1, 0.15) is 11.4 Å². The van der Waals surface area contributed by atoms with Gasteiger partial charge in [-0.25, -0.2) is 0 Å². The summed E-state index contributed by atoms with van der Waals surface area (Å²) < 4.78 is 2.76. The molecule has 0 aliphatic heterocycles. The molecule has 5 heteroatoms. The standard InChI is InChI=1S/C8H14BrN3O/c1-5-8(9)6(2)12(11-5)4-7(13)3-10/h7,13H,3-4,10H2,1-2H3. The molecule has 0 aliphatic carbocycles. The first-order chi connectivity index (χ1) is 6.06. The maximum absolute atomic E-state index is 9.33. The SMILES string of the molecule is Cc1nn(CC(O)CN)c(C)c1Br. The molecule has 1 aromatic rings. The van der Waals surface area contributed by atoms with Gasteiger partial charge in [0.15, 0.2) is 0 Å². The molecular weight excluding hydrogens is 234 g/mol. The van der Waals surface area contributed by atoms with E-state index >= 15 is 0 Å². The van der Waals surface area contributed by atoms with Gasteiger partial charge in [-0.2, -0.15) is 5.10 Å². The van der Waals surface area contributed by atoms with Crippen molar-refractivity contribution >= 4 is 15.9 Å². The quantitative estimate of drug-likeness (QED) is 0.822. The normalized spacial score (nSPS) is 13.3. The van der Waals surface area contributed by atoms with Crippen LogP contribution in [0, 0.1) is 13.8 Å². The highest BCUT2D eigenvalue weighted by atomic mass is 79.9. The first-order valence-corrected chi connectivity index (χ1v) is 4.93. The topological polar surface area (TPSA) is 64.1 Å². The molecule has 1 unspecified atom stereocenters. The lowest BCUT2D eigenvalue weighted by Crippen LogP contribution is -2.26. The Bertz CT molecular complexity index is 298. The minimum Gasteiger partial charge on any atom is -0.390 e. The van der Waals surface area contributed by atoms with E-state index in [1.165, 1.54) is 0 Å². The average Bonchev–Trinajstić information content (AvgIpc) is 2.34. The third-order valence-electron chi connectivity index (χ3n) is 1.95. The van der Waals surface area contributed by atoms with Crippen molar-refractivity contribution in [1.29, 1.82) is 0 Å². The molecule has 1 atom stereocenters. The van der Waals surface area contributed by atoms with Gasteiger partial charge in [-0.05, 0) is 29.8 Å². The molecule has 0 aromatic carbocycles. The van der Waals surface area contributed by atoms with Crippen LogP contribution in [0.3, 0.4) is 0 Å². The summed E-state index contributed by atoms with van der Waals surface area (Å²) in [6.07, 6.45) is -0.523. The lowest BCUT2D eigenvalue weighted by molar-refractivity contribution is 0.156. The molecule has 0 bridgehead atoms. The molecule has 0 amide bonds. The Morgan fingerprint density at radius 2 is 2.23 bits per heavy atom. The van der Waals surface area contributed by atoms with E-state index in [1.807, 2.05) is 13.8 Å². The zero-order chi connectivity index (χ0) is 10.0. The smallest absolute Gasteiger partial charge is 0.0858 e. The second kappa shape index (κ2) is 4.21. The van der Waals surface area contributed by atoms with Crippen LogP contribution in [-0.4, -0.2) is 27.5 Å². The van der Waals surface area contributed by atoms with Gasteiger partial charge in [0.1, 0.15) is 0 Å². The maximum Gasteiger partial charge on any atom is 0.0858 e. The second-order valence-corrected chi connectivity index (χ2v) is 3.85. The number of hydrogen-bond donors (Lipinski definition) is 2. The Kier molecular flexibility index (Phi) is 3.47. The van der Waals surface area contributed by atoms with E-state index in [0.717, 1.165) is 15.9 Å². The van der Waals surface area contributed by atoms with Crippen LogP contribution in [0.5, 0.6) is 0 Å². The van der Waals surface area contributed by atoms with Crippen LogP contribution in [-0.2, 0) is 6.54 Å². The van der Waals surface area contributed by atoms with E-state index in [0.29, 0.717) is 6.54 Å². The largest absolute Gasteiger partial charge is 0.390 e. The van der Waals surface area contributed by atoms with Crippen LogP contribution < -0.4 is 5.73 Å². The average molecular weight is 248 g/mol. The van der Waals surface area contributed by atoms with Crippen molar-refractivity contribution in [3.63, 3.8) is 0 Å². The van der Waals surface area contributed by atoms with E-state index in [9.17, 15) is 5.11 Å². The zero-order valence-corrected chi connectivity index (χ0v) is 9.37. The number of aryl methyl sites for hydroxylation is 1. The van der Waals surface area contributed by atoms with Crippen LogP contribution in [0.25, 0.3) is 0 Å². The fourth-order valence-electron chi connectivity index (χ4n) is 1.13. The van der Waals surface area contributed by atoms with Crippen molar-refractivity contribution in [2.45, 2.75) is 26.5 Å². The number of rotatable bonds is 3. The molecule has 0 radical (unpaired) electrons. The van der Waals surface area contributed by atoms with Gasteiger partial charge in [0, 0.05) is 12.2 Å². The van der Waals surface area contributed by atoms with Gasteiger partial charge in [0.2, 0.25) is 0 Å². The summed E-state index contributed by atoms with van der Waals surface area (Å²) in [7, 11) is 0. The van der Waals surface area contributed by atoms with Gasteiger partial charge in [0.05, 0.1) is 22.8 Å². The molecule has 13 heavy (non-hydrogen) atoms. The number of halogens is 1. The van der Waals surface area contributed by atoms with Crippen LogP contribution in [0.2, 0.25) is 0 Å². The van der Waals surface area contributed by atoms with Crippen molar-refractivity contribution in [3.8, 4) is 0 Å². The number of hydrogen-bond acceptors (Lipinski definition) is 3. The molecule has 0 saturated carbocycles. The summed E-state index contributed by atoms with van der Waals surface area (Å²) in [4.78, 5) is 0. The number of nitrogens with zero attached hydrogens (tertiary/aromatic N) is 2. The van der Waals surface area contributed by atoms with Gasteiger partial charge >= 0.3 is 0 Å². The Hall–Kier alpha value is -0.390. The molecule has 0 spiro atoms. The maximum atomic E-state index is 9.33. The van der Waals surface area contributed by atoms with Crippen molar-refractivity contribution in [3.05, 3.63) is 15.9 Å².